The minimum Gasteiger partial charge on any atom is -0.490 e. The summed E-state index contributed by atoms with van der Waals surface area (Å²) in [6.07, 6.45) is 1.31. The maximum atomic E-state index is 11.2. The molecule has 0 fully saturated rings. The predicted octanol–water partition coefficient (Wildman–Crippen LogP) is 5.19. The molecule has 1 aromatic carbocycles. The van der Waals surface area contributed by atoms with Gasteiger partial charge in [0.05, 0.1) is 17.6 Å². The van der Waals surface area contributed by atoms with Gasteiger partial charge in [0.25, 0.3) is 0 Å². The predicted molar refractivity (Wildman–Crippen MR) is 90.9 cm³/mol. The highest BCUT2D eigenvalue weighted by molar-refractivity contribution is 5.98. The highest BCUT2D eigenvalue weighted by Gasteiger charge is 2.21. The number of methoxy groups -OCH3 is 1. The molecule has 126 valence electrons. The van der Waals surface area contributed by atoms with E-state index in [1.54, 1.807) is 13.0 Å². The van der Waals surface area contributed by atoms with Crippen LogP contribution in [-0.2, 0) is 0 Å². The summed E-state index contributed by atoms with van der Waals surface area (Å²) < 4.78 is 4.89. The molecule has 22 heavy (non-hydrogen) atoms. The summed E-state index contributed by atoms with van der Waals surface area (Å²) in [7, 11) is 1.31. The molecule has 0 saturated carbocycles. The first-order valence-corrected chi connectivity index (χ1v) is 7.58. The Morgan fingerprint density at radius 3 is 2.05 bits per heavy atom. The second-order valence-corrected chi connectivity index (χ2v) is 4.98. The van der Waals surface area contributed by atoms with Crippen molar-refractivity contribution in [1.29, 1.82) is 0 Å². The van der Waals surface area contributed by atoms with Crippen molar-refractivity contribution in [1.82, 2.24) is 0 Å². The molecular weight excluding hydrogens is 282 g/mol. The number of nitro benzene ring substituents is 1. The van der Waals surface area contributed by atoms with Crippen LogP contribution >= 0.6 is 0 Å². The lowest BCUT2D eigenvalue weighted by atomic mass is 10.1. The van der Waals surface area contributed by atoms with E-state index in [-0.39, 0.29) is 22.8 Å². The number of benzene rings is 1. The summed E-state index contributed by atoms with van der Waals surface area (Å²) in [5, 5.41) is 10.7. The molecule has 0 aliphatic carbocycles. The summed E-state index contributed by atoms with van der Waals surface area (Å²) in [5.74, 6) is 0.659. The van der Waals surface area contributed by atoms with Gasteiger partial charge in [-0.2, -0.15) is 0 Å². The van der Waals surface area contributed by atoms with E-state index in [1.165, 1.54) is 26.5 Å². The van der Waals surface area contributed by atoms with Crippen molar-refractivity contribution >= 4 is 11.5 Å². The van der Waals surface area contributed by atoms with Crippen LogP contribution in [0.4, 0.5) is 5.69 Å². The molecule has 0 saturated heterocycles. The smallest absolute Gasteiger partial charge is 0.311 e. The van der Waals surface area contributed by atoms with Crippen molar-refractivity contribution in [3.8, 4) is 5.75 Å². The zero-order valence-corrected chi connectivity index (χ0v) is 15.0. The second-order valence-electron chi connectivity index (χ2n) is 4.98. The Hall–Kier alpha value is -1.91. The summed E-state index contributed by atoms with van der Waals surface area (Å²) in [6, 6.07) is 2.96. The lowest BCUT2D eigenvalue weighted by Gasteiger charge is -2.07. The van der Waals surface area contributed by atoms with Gasteiger partial charge in [-0.1, -0.05) is 41.0 Å². The number of carbonyl (C=O) groups excluding carboxylic acids is 1. The molecule has 0 amide bonds. The van der Waals surface area contributed by atoms with Gasteiger partial charge < -0.3 is 4.74 Å². The number of nitrogens with zero attached hydrogens (tertiary/aromatic N) is 1. The van der Waals surface area contributed by atoms with E-state index in [0.717, 1.165) is 5.92 Å². The number of nitro groups is 1. The molecule has 0 radical (unpaired) electrons. The van der Waals surface area contributed by atoms with E-state index in [1.807, 2.05) is 13.8 Å². The van der Waals surface area contributed by atoms with Crippen LogP contribution in [0.15, 0.2) is 12.1 Å². The summed E-state index contributed by atoms with van der Waals surface area (Å²) in [6.45, 7) is 13.7. The average molecular weight is 311 g/mol. The van der Waals surface area contributed by atoms with Crippen molar-refractivity contribution in [2.75, 3.05) is 7.11 Å². The van der Waals surface area contributed by atoms with Crippen LogP contribution in [0.5, 0.6) is 5.75 Å². The van der Waals surface area contributed by atoms with Gasteiger partial charge in [0.2, 0.25) is 5.75 Å². The minimum absolute atomic E-state index is 0.0260. The van der Waals surface area contributed by atoms with Crippen LogP contribution in [0, 0.1) is 23.0 Å². The number of hydrogen-bond acceptors (Lipinski definition) is 4. The normalized spacial score (nSPS) is 9.14. The lowest BCUT2D eigenvalue weighted by Crippen LogP contribution is -2.02. The van der Waals surface area contributed by atoms with Crippen molar-refractivity contribution in [3.63, 3.8) is 0 Å². The first kappa shape index (κ1) is 22.4. The molecule has 0 spiro atoms. The van der Waals surface area contributed by atoms with Crippen LogP contribution in [0.2, 0.25) is 0 Å². The number of rotatable bonds is 4. The molecule has 0 aliphatic rings. The highest BCUT2D eigenvalue weighted by Crippen LogP contribution is 2.32. The molecule has 0 unspecified atom stereocenters. The maximum absolute atomic E-state index is 11.2. The van der Waals surface area contributed by atoms with E-state index in [0.29, 0.717) is 5.56 Å². The Balaban J connectivity index is 0. The number of carbonyl (C=O) groups is 1. The minimum atomic E-state index is -0.557. The Morgan fingerprint density at radius 1 is 1.32 bits per heavy atom. The molecule has 5 nitrogen and oxygen atoms in total. The first-order valence-electron chi connectivity index (χ1n) is 7.58. The van der Waals surface area contributed by atoms with E-state index in [9.17, 15) is 14.9 Å². The lowest BCUT2D eigenvalue weighted by molar-refractivity contribution is -0.385. The number of Topliss-reactive ketones (excluding diaryl/α,β-unsaturated/α-hetero) is 1. The Morgan fingerprint density at radius 2 is 1.77 bits per heavy atom. The average Bonchev–Trinajstić information content (AvgIpc) is 2.48. The third-order valence-electron chi connectivity index (χ3n) is 2.81. The van der Waals surface area contributed by atoms with Crippen LogP contribution in [0.1, 0.15) is 63.9 Å². The SMILES string of the molecule is CC.CCC(C)C.COc1c(C(C)=O)cc(C)cc1[N+](=O)[O-]. The monoisotopic (exact) mass is 311 g/mol. The largest absolute Gasteiger partial charge is 0.490 e. The number of aryl methyl sites for hydroxylation is 1. The zero-order chi connectivity index (χ0) is 17.9. The molecule has 0 heterocycles. The van der Waals surface area contributed by atoms with Gasteiger partial charge >= 0.3 is 5.69 Å². The van der Waals surface area contributed by atoms with Crippen molar-refractivity contribution in [2.45, 2.75) is 54.9 Å². The summed E-state index contributed by atoms with van der Waals surface area (Å²) >= 11 is 0. The fraction of sp³-hybridized carbons (Fsp3) is 0.588. The topological polar surface area (TPSA) is 69.4 Å². The van der Waals surface area contributed by atoms with Crippen LogP contribution in [0.25, 0.3) is 0 Å². The number of ether oxygens (including phenoxy) is 1. The standard InChI is InChI=1S/C10H11NO4.C5H12.C2H6/c1-6-4-8(7(2)12)10(15-3)9(5-6)11(13)14;1-4-5(2)3;1-2/h4-5H,1-3H3;5H,4H2,1-3H3;1-2H3. The van der Waals surface area contributed by atoms with Crippen LogP contribution in [-0.4, -0.2) is 17.8 Å². The maximum Gasteiger partial charge on any atom is 0.311 e. The number of hydrogen-bond donors (Lipinski definition) is 0. The molecule has 5 heteroatoms. The molecule has 0 aliphatic heterocycles. The van der Waals surface area contributed by atoms with E-state index in [2.05, 4.69) is 20.8 Å². The summed E-state index contributed by atoms with van der Waals surface area (Å²) in [4.78, 5) is 21.4. The van der Waals surface area contributed by atoms with Gasteiger partial charge in [-0.15, -0.1) is 0 Å². The highest BCUT2D eigenvalue weighted by atomic mass is 16.6. The first-order chi connectivity index (χ1) is 10.2. The van der Waals surface area contributed by atoms with Gasteiger partial charge in [-0.25, -0.2) is 0 Å². The van der Waals surface area contributed by atoms with Crippen LogP contribution < -0.4 is 4.74 Å². The van der Waals surface area contributed by atoms with Crippen molar-refractivity contribution < 1.29 is 14.5 Å². The Labute approximate surface area is 133 Å². The van der Waals surface area contributed by atoms with Gasteiger partial charge in [0.15, 0.2) is 5.78 Å². The van der Waals surface area contributed by atoms with E-state index in [4.69, 9.17) is 4.74 Å². The Bertz CT molecular complexity index is 447. The molecule has 0 N–H and O–H groups in total. The third-order valence-corrected chi connectivity index (χ3v) is 2.81. The van der Waals surface area contributed by atoms with Gasteiger partial charge in [0, 0.05) is 6.07 Å². The number of ketones is 1. The fourth-order valence-corrected chi connectivity index (χ4v) is 1.37. The Kier molecular flexibility index (Phi) is 11.9. The van der Waals surface area contributed by atoms with Crippen molar-refractivity contribution in [2.24, 2.45) is 5.92 Å². The van der Waals surface area contributed by atoms with Gasteiger partial charge in [-0.3, -0.25) is 14.9 Å². The molecule has 1 rings (SSSR count). The van der Waals surface area contributed by atoms with Crippen molar-refractivity contribution in [3.05, 3.63) is 33.4 Å². The molecule has 0 aromatic heterocycles. The fourth-order valence-electron chi connectivity index (χ4n) is 1.37. The quantitative estimate of drug-likeness (QED) is 0.435. The molecular formula is C17H29NO4. The van der Waals surface area contributed by atoms with E-state index >= 15 is 0 Å². The van der Waals surface area contributed by atoms with E-state index < -0.39 is 4.92 Å². The molecule has 0 atom stereocenters. The molecule has 0 bridgehead atoms. The second kappa shape index (κ2) is 11.7. The molecule has 1 aromatic rings. The van der Waals surface area contributed by atoms with Gasteiger partial charge in [-0.05, 0) is 31.4 Å². The third kappa shape index (κ3) is 7.76. The van der Waals surface area contributed by atoms with Gasteiger partial charge in [0.1, 0.15) is 0 Å². The summed E-state index contributed by atoms with van der Waals surface area (Å²) in [5.41, 5.74) is 0.722. The zero-order valence-electron chi connectivity index (χ0n) is 15.0. The van der Waals surface area contributed by atoms with Crippen LogP contribution in [0.3, 0.4) is 0 Å².